The molecule has 1 atom stereocenters. The molecule has 0 spiro atoms. The molecule has 1 fully saturated rings. The molecule has 1 amide bonds. The van der Waals surface area contributed by atoms with Crippen LogP contribution in [0.5, 0.6) is 17.2 Å². The highest BCUT2D eigenvalue weighted by Crippen LogP contribution is 2.39. The normalized spacial score (nSPS) is 15.1. The summed E-state index contributed by atoms with van der Waals surface area (Å²) in [6, 6.07) is 14.1. The minimum Gasteiger partial charge on any atom is -0.490 e. The maximum atomic E-state index is 13.2. The van der Waals surface area contributed by atoms with E-state index in [1.54, 1.807) is 12.1 Å². The molecule has 0 bridgehead atoms. The third kappa shape index (κ3) is 6.18. The highest BCUT2D eigenvalue weighted by Gasteiger charge is 2.26. The van der Waals surface area contributed by atoms with E-state index in [4.69, 9.17) is 14.2 Å². The minimum absolute atomic E-state index is 0.119. The fourth-order valence-corrected chi connectivity index (χ4v) is 4.62. The summed E-state index contributed by atoms with van der Waals surface area (Å²) in [4.78, 5) is 13.2. The molecule has 0 saturated heterocycles. The zero-order chi connectivity index (χ0) is 22.8. The largest absolute Gasteiger partial charge is 0.490 e. The van der Waals surface area contributed by atoms with Crippen LogP contribution in [0.2, 0.25) is 0 Å². The van der Waals surface area contributed by atoms with Crippen molar-refractivity contribution in [1.82, 2.24) is 5.32 Å². The second-order valence-corrected chi connectivity index (χ2v) is 8.23. The van der Waals surface area contributed by atoms with Gasteiger partial charge in [0.05, 0.1) is 19.8 Å². The standard InChI is InChI=1S/C27H37NO4/c1-4-30-24-17-22(18-25(31-5-2)26(24)32-6-3)27(29)28-19-23(20-13-9-7-10-14-20)21-15-11-8-12-16-21/h7,9-10,13-14,17-18,21,23H,4-6,8,11-12,15-16,19H2,1-3H3,(H,28,29). The van der Waals surface area contributed by atoms with Gasteiger partial charge in [0.25, 0.3) is 5.91 Å². The van der Waals surface area contributed by atoms with Gasteiger partial charge in [-0.05, 0) is 57.2 Å². The minimum atomic E-state index is -0.119. The van der Waals surface area contributed by atoms with Crippen LogP contribution < -0.4 is 19.5 Å². The number of hydrogen-bond donors (Lipinski definition) is 1. The van der Waals surface area contributed by atoms with E-state index in [1.807, 2.05) is 26.8 Å². The summed E-state index contributed by atoms with van der Waals surface area (Å²) in [6.45, 7) is 7.82. The predicted molar refractivity (Wildman–Crippen MR) is 128 cm³/mol. The van der Waals surface area contributed by atoms with Gasteiger partial charge < -0.3 is 19.5 Å². The second kappa shape index (κ2) is 12.4. The first kappa shape index (κ1) is 24.0. The van der Waals surface area contributed by atoms with Crippen LogP contribution in [0.15, 0.2) is 42.5 Å². The topological polar surface area (TPSA) is 56.8 Å². The number of amides is 1. The molecule has 1 saturated carbocycles. The molecule has 0 heterocycles. The van der Waals surface area contributed by atoms with Crippen molar-refractivity contribution >= 4 is 5.91 Å². The van der Waals surface area contributed by atoms with Crippen molar-refractivity contribution in [2.75, 3.05) is 26.4 Å². The molecule has 1 aliphatic carbocycles. The zero-order valence-corrected chi connectivity index (χ0v) is 19.7. The van der Waals surface area contributed by atoms with Crippen molar-refractivity contribution in [3.8, 4) is 17.2 Å². The Kier molecular flexibility index (Phi) is 9.27. The van der Waals surface area contributed by atoms with Gasteiger partial charge in [-0.25, -0.2) is 0 Å². The van der Waals surface area contributed by atoms with E-state index in [0.29, 0.717) is 61.0 Å². The number of ether oxygens (including phenoxy) is 3. The molecule has 32 heavy (non-hydrogen) atoms. The van der Waals surface area contributed by atoms with Crippen LogP contribution in [0.4, 0.5) is 0 Å². The Bertz CT molecular complexity index is 819. The Hall–Kier alpha value is -2.69. The predicted octanol–water partition coefficient (Wildman–Crippen LogP) is 5.98. The number of carbonyl (C=O) groups excluding carboxylic acids is 1. The van der Waals surface area contributed by atoms with E-state index < -0.39 is 0 Å². The lowest BCUT2D eigenvalue weighted by Crippen LogP contribution is -2.32. The Morgan fingerprint density at radius 3 is 2.06 bits per heavy atom. The summed E-state index contributed by atoms with van der Waals surface area (Å²) in [5.74, 6) is 2.43. The Morgan fingerprint density at radius 1 is 0.906 bits per heavy atom. The fraction of sp³-hybridized carbons (Fsp3) is 0.519. The lowest BCUT2D eigenvalue weighted by Gasteiger charge is -2.31. The molecular formula is C27H37NO4. The highest BCUT2D eigenvalue weighted by molar-refractivity contribution is 5.95. The van der Waals surface area contributed by atoms with Gasteiger partial charge in [0.1, 0.15) is 0 Å². The van der Waals surface area contributed by atoms with Crippen LogP contribution in [0.3, 0.4) is 0 Å². The molecule has 5 heteroatoms. The first-order chi connectivity index (χ1) is 15.7. The number of rotatable bonds is 11. The van der Waals surface area contributed by atoms with Crippen LogP contribution in [0, 0.1) is 5.92 Å². The first-order valence-electron chi connectivity index (χ1n) is 12.1. The van der Waals surface area contributed by atoms with Crippen LogP contribution in [0.25, 0.3) is 0 Å². The van der Waals surface area contributed by atoms with E-state index in [1.165, 1.54) is 37.7 Å². The zero-order valence-electron chi connectivity index (χ0n) is 19.7. The number of nitrogens with one attached hydrogen (secondary N) is 1. The van der Waals surface area contributed by atoms with Crippen molar-refractivity contribution in [3.05, 3.63) is 53.6 Å². The molecule has 2 aromatic carbocycles. The molecule has 0 radical (unpaired) electrons. The molecule has 1 aliphatic rings. The molecule has 0 aromatic heterocycles. The highest BCUT2D eigenvalue weighted by atomic mass is 16.5. The molecule has 174 valence electrons. The monoisotopic (exact) mass is 439 g/mol. The van der Waals surface area contributed by atoms with Crippen LogP contribution in [-0.4, -0.2) is 32.3 Å². The molecule has 1 N–H and O–H groups in total. The van der Waals surface area contributed by atoms with Gasteiger partial charge in [-0.2, -0.15) is 0 Å². The van der Waals surface area contributed by atoms with Gasteiger partial charge in [-0.15, -0.1) is 0 Å². The van der Waals surface area contributed by atoms with E-state index in [9.17, 15) is 4.79 Å². The summed E-state index contributed by atoms with van der Waals surface area (Å²) in [6.07, 6.45) is 6.31. The van der Waals surface area contributed by atoms with Gasteiger partial charge in [0.15, 0.2) is 11.5 Å². The average Bonchev–Trinajstić information content (AvgIpc) is 2.82. The van der Waals surface area contributed by atoms with Gasteiger partial charge in [0.2, 0.25) is 5.75 Å². The molecule has 1 unspecified atom stereocenters. The average molecular weight is 440 g/mol. The first-order valence-corrected chi connectivity index (χ1v) is 12.1. The molecule has 0 aliphatic heterocycles. The smallest absolute Gasteiger partial charge is 0.251 e. The third-order valence-corrected chi connectivity index (χ3v) is 6.10. The summed E-state index contributed by atoms with van der Waals surface area (Å²) in [7, 11) is 0. The van der Waals surface area contributed by atoms with E-state index in [0.717, 1.165) is 0 Å². The van der Waals surface area contributed by atoms with Gasteiger partial charge in [-0.1, -0.05) is 49.6 Å². The van der Waals surface area contributed by atoms with E-state index >= 15 is 0 Å². The Balaban J connectivity index is 1.81. The molecular weight excluding hydrogens is 402 g/mol. The van der Waals surface area contributed by atoms with Gasteiger partial charge in [0, 0.05) is 18.0 Å². The van der Waals surface area contributed by atoms with E-state index in [2.05, 4.69) is 29.6 Å². The van der Waals surface area contributed by atoms with Crippen molar-refractivity contribution in [3.63, 3.8) is 0 Å². The number of carbonyl (C=O) groups is 1. The van der Waals surface area contributed by atoms with Crippen molar-refractivity contribution < 1.29 is 19.0 Å². The molecule has 5 nitrogen and oxygen atoms in total. The summed E-state index contributed by atoms with van der Waals surface area (Å²) < 4.78 is 17.3. The lowest BCUT2D eigenvalue weighted by molar-refractivity contribution is 0.0945. The lowest BCUT2D eigenvalue weighted by atomic mass is 9.76. The SMILES string of the molecule is CCOc1cc(C(=O)NCC(c2ccccc2)C2CCCCC2)cc(OCC)c1OCC. The van der Waals surface area contributed by atoms with Crippen LogP contribution in [0.1, 0.15) is 74.7 Å². The summed E-state index contributed by atoms with van der Waals surface area (Å²) in [5.41, 5.74) is 1.83. The summed E-state index contributed by atoms with van der Waals surface area (Å²) in [5, 5.41) is 3.19. The summed E-state index contributed by atoms with van der Waals surface area (Å²) >= 11 is 0. The molecule has 2 aromatic rings. The van der Waals surface area contributed by atoms with Gasteiger partial charge in [-0.3, -0.25) is 4.79 Å². The van der Waals surface area contributed by atoms with Crippen molar-refractivity contribution in [1.29, 1.82) is 0 Å². The van der Waals surface area contributed by atoms with Crippen molar-refractivity contribution in [2.45, 2.75) is 58.8 Å². The number of benzene rings is 2. The second-order valence-electron chi connectivity index (χ2n) is 8.23. The molecule has 3 rings (SSSR count). The maximum absolute atomic E-state index is 13.2. The maximum Gasteiger partial charge on any atom is 0.251 e. The quantitative estimate of drug-likeness (QED) is 0.468. The van der Waals surface area contributed by atoms with Crippen molar-refractivity contribution in [2.24, 2.45) is 5.92 Å². The Labute approximate surface area is 192 Å². The number of hydrogen-bond acceptors (Lipinski definition) is 4. The van der Waals surface area contributed by atoms with Crippen LogP contribution >= 0.6 is 0 Å². The van der Waals surface area contributed by atoms with Gasteiger partial charge >= 0.3 is 0 Å². The van der Waals surface area contributed by atoms with E-state index in [-0.39, 0.29) is 5.91 Å². The Morgan fingerprint density at radius 2 is 1.50 bits per heavy atom. The van der Waals surface area contributed by atoms with Crippen LogP contribution in [-0.2, 0) is 0 Å². The fourth-order valence-electron chi connectivity index (χ4n) is 4.62. The third-order valence-electron chi connectivity index (χ3n) is 6.10.